The molecule has 0 heterocycles. The Hall–Kier alpha value is -0.520. The molecule has 0 aliphatic rings. The van der Waals surface area contributed by atoms with Gasteiger partial charge in [-0.1, -0.05) is 39.1 Å². The highest BCUT2D eigenvalue weighted by Crippen LogP contribution is 2.31. The topological polar surface area (TPSA) is 38.3 Å². The number of carbonyl (C=O) groups is 1. The number of hydrogen-bond donors (Lipinski definition) is 1. The molecule has 0 aromatic heterocycles. The summed E-state index contributed by atoms with van der Waals surface area (Å²) in [5.41, 5.74) is 0.378. The van der Waals surface area contributed by atoms with E-state index in [0.717, 1.165) is 12.1 Å². The first-order valence-electron chi connectivity index (χ1n) is 4.56. The Labute approximate surface area is 116 Å². The summed E-state index contributed by atoms with van der Waals surface area (Å²) >= 11 is 14.8. The first kappa shape index (κ1) is 14.5. The van der Waals surface area contributed by atoms with Crippen LogP contribution in [0.2, 0.25) is 10.0 Å². The van der Waals surface area contributed by atoms with E-state index in [9.17, 15) is 9.18 Å². The van der Waals surface area contributed by atoms with Crippen molar-refractivity contribution in [2.24, 2.45) is 0 Å². The molecule has 1 rings (SSSR count). The van der Waals surface area contributed by atoms with Crippen LogP contribution < -0.4 is 5.32 Å². The maximum Gasteiger partial charge on any atom is 0.321 e. The second kappa shape index (κ2) is 6.42. The predicted molar refractivity (Wildman–Crippen MR) is 69.6 cm³/mol. The lowest BCUT2D eigenvalue weighted by molar-refractivity contribution is -0.139. The molecule has 0 aliphatic heterocycles. The van der Waals surface area contributed by atoms with Crippen LogP contribution in [0.15, 0.2) is 12.1 Å². The number of alkyl halides is 1. The minimum absolute atomic E-state index is 0.152. The number of ether oxygens (including phenoxy) is 1. The van der Waals surface area contributed by atoms with Crippen molar-refractivity contribution in [1.29, 1.82) is 0 Å². The Bertz CT molecular complexity index is 408. The third-order valence-corrected chi connectivity index (χ3v) is 3.22. The van der Waals surface area contributed by atoms with Crippen LogP contribution in [0.5, 0.6) is 0 Å². The van der Waals surface area contributed by atoms with E-state index in [0.29, 0.717) is 5.69 Å². The Morgan fingerprint density at radius 2 is 2.06 bits per heavy atom. The highest BCUT2D eigenvalue weighted by Gasteiger charge is 2.16. The molecule has 0 aliphatic carbocycles. The van der Waals surface area contributed by atoms with Crippen LogP contribution in [-0.2, 0) is 9.53 Å². The van der Waals surface area contributed by atoms with Crippen LogP contribution >= 0.6 is 39.1 Å². The quantitative estimate of drug-likeness (QED) is 0.671. The lowest BCUT2D eigenvalue weighted by Crippen LogP contribution is -2.24. The molecule has 1 N–H and O–H groups in total. The van der Waals surface area contributed by atoms with Crippen molar-refractivity contribution >= 4 is 50.8 Å². The van der Waals surface area contributed by atoms with E-state index in [2.05, 4.69) is 26.0 Å². The second-order valence-corrected chi connectivity index (χ2v) is 5.04. The van der Waals surface area contributed by atoms with Crippen molar-refractivity contribution in [3.05, 3.63) is 28.0 Å². The fourth-order valence-electron chi connectivity index (χ4n) is 1.11. The molecule has 1 unspecified atom stereocenters. The molecule has 0 radical (unpaired) electrons. The zero-order valence-electron chi connectivity index (χ0n) is 8.77. The van der Waals surface area contributed by atoms with E-state index in [1.54, 1.807) is 0 Å². The minimum Gasteiger partial charge on any atom is -0.468 e. The molecule has 94 valence electrons. The summed E-state index contributed by atoms with van der Waals surface area (Å²) < 4.78 is 17.4. The van der Waals surface area contributed by atoms with Gasteiger partial charge in [-0.05, 0) is 12.1 Å². The van der Waals surface area contributed by atoms with Gasteiger partial charge in [0, 0.05) is 6.54 Å². The molecule has 0 spiro atoms. The SMILES string of the molecule is COC(=O)C(Br)CNc1c(Cl)cc(F)cc1Cl. The second-order valence-electron chi connectivity index (χ2n) is 3.12. The number of rotatable bonds is 4. The van der Waals surface area contributed by atoms with Crippen molar-refractivity contribution in [3.63, 3.8) is 0 Å². The van der Waals surface area contributed by atoms with E-state index >= 15 is 0 Å². The van der Waals surface area contributed by atoms with Crippen LogP contribution in [0.25, 0.3) is 0 Å². The largest absolute Gasteiger partial charge is 0.468 e. The van der Waals surface area contributed by atoms with Gasteiger partial charge >= 0.3 is 5.97 Å². The summed E-state index contributed by atoms with van der Waals surface area (Å²) in [4.78, 5) is 10.6. The number of benzene rings is 1. The fraction of sp³-hybridized carbons (Fsp3) is 0.300. The van der Waals surface area contributed by atoms with Crippen molar-refractivity contribution in [3.8, 4) is 0 Å². The fourth-order valence-corrected chi connectivity index (χ4v) is 2.06. The molecule has 3 nitrogen and oxygen atoms in total. The lowest BCUT2D eigenvalue weighted by atomic mass is 10.3. The van der Waals surface area contributed by atoms with Crippen LogP contribution in [-0.4, -0.2) is 24.5 Å². The molecule has 0 bridgehead atoms. The standard InChI is InChI=1S/C10H9BrCl2FNO2/c1-17-10(16)6(11)4-15-9-7(12)2-5(14)3-8(9)13/h2-3,6,15H,4H2,1H3. The van der Waals surface area contributed by atoms with Gasteiger partial charge in [0.2, 0.25) is 0 Å². The predicted octanol–water partition coefficient (Wildman–Crippen LogP) is 3.48. The molecule has 1 aromatic carbocycles. The van der Waals surface area contributed by atoms with Gasteiger partial charge in [-0.25, -0.2) is 4.39 Å². The van der Waals surface area contributed by atoms with Gasteiger partial charge in [0.15, 0.2) is 0 Å². The molecule has 0 saturated carbocycles. The minimum atomic E-state index is -0.537. The molecular weight excluding hydrogens is 336 g/mol. The van der Waals surface area contributed by atoms with Crippen molar-refractivity contribution in [2.45, 2.75) is 4.83 Å². The van der Waals surface area contributed by atoms with E-state index < -0.39 is 16.6 Å². The zero-order chi connectivity index (χ0) is 13.0. The van der Waals surface area contributed by atoms with E-state index in [1.165, 1.54) is 7.11 Å². The van der Waals surface area contributed by atoms with E-state index in [1.807, 2.05) is 0 Å². The van der Waals surface area contributed by atoms with Gasteiger partial charge in [-0.2, -0.15) is 0 Å². The van der Waals surface area contributed by atoms with Crippen LogP contribution in [0.3, 0.4) is 0 Å². The Kier molecular flexibility index (Phi) is 5.49. The molecule has 0 saturated heterocycles. The molecule has 1 aromatic rings. The molecule has 0 fully saturated rings. The summed E-state index contributed by atoms with van der Waals surface area (Å²) in [5.74, 6) is -0.944. The summed E-state index contributed by atoms with van der Waals surface area (Å²) in [6, 6.07) is 2.27. The van der Waals surface area contributed by atoms with Crippen molar-refractivity contribution in [2.75, 3.05) is 19.0 Å². The smallest absolute Gasteiger partial charge is 0.321 e. The normalized spacial score (nSPS) is 12.1. The van der Waals surface area contributed by atoms with Gasteiger partial charge in [0.1, 0.15) is 10.6 Å². The van der Waals surface area contributed by atoms with Crippen LogP contribution in [0.1, 0.15) is 0 Å². The molecule has 7 heteroatoms. The van der Waals surface area contributed by atoms with Gasteiger partial charge in [-0.3, -0.25) is 4.79 Å². The number of esters is 1. The van der Waals surface area contributed by atoms with Gasteiger partial charge in [-0.15, -0.1) is 0 Å². The number of halogens is 4. The highest BCUT2D eigenvalue weighted by atomic mass is 79.9. The molecule has 1 atom stereocenters. The third kappa shape index (κ3) is 4.01. The summed E-state index contributed by atoms with van der Waals surface area (Å²) in [6.07, 6.45) is 0. The first-order chi connectivity index (χ1) is 7.95. The summed E-state index contributed by atoms with van der Waals surface area (Å²) in [6.45, 7) is 0.220. The van der Waals surface area contributed by atoms with Crippen LogP contribution in [0.4, 0.5) is 10.1 Å². The Morgan fingerprint density at radius 1 is 1.53 bits per heavy atom. The maximum atomic E-state index is 12.9. The Balaban J connectivity index is 2.73. The number of nitrogens with one attached hydrogen (secondary N) is 1. The number of anilines is 1. The maximum absolute atomic E-state index is 12.9. The van der Waals surface area contributed by atoms with Gasteiger partial charge in [0.25, 0.3) is 0 Å². The summed E-state index contributed by atoms with van der Waals surface area (Å²) in [7, 11) is 1.29. The van der Waals surface area contributed by atoms with Crippen molar-refractivity contribution in [1.82, 2.24) is 0 Å². The molecule has 17 heavy (non-hydrogen) atoms. The first-order valence-corrected chi connectivity index (χ1v) is 6.23. The van der Waals surface area contributed by atoms with Gasteiger partial charge in [0.05, 0.1) is 22.8 Å². The van der Waals surface area contributed by atoms with Crippen molar-refractivity contribution < 1.29 is 13.9 Å². The average molecular weight is 345 g/mol. The lowest BCUT2D eigenvalue weighted by Gasteiger charge is -2.13. The number of hydrogen-bond acceptors (Lipinski definition) is 3. The van der Waals surface area contributed by atoms with Gasteiger partial charge < -0.3 is 10.1 Å². The molecule has 0 amide bonds. The third-order valence-electron chi connectivity index (χ3n) is 1.92. The van der Waals surface area contributed by atoms with E-state index in [-0.39, 0.29) is 16.6 Å². The summed E-state index contributed by atoms with van der Waals surface area (Å²) in [5, 5.41) is 3.15. The number of carbonyl (C=O) groups excluding carboxylic acids is 1. The molecular formula is C10H9BrCl2FNO2. The van der Waals surface area contributed by atoms with Crippen LogP contribution in [0, 0.1) is 5.82 Å². The van der Waals surface area contributed by atoms with E-state index in [4.69, 9.17) is 23.2 Å². The Morgan fingerprint density at radius 3 is 2.53 bits per heavy atom. The monoisotopic (exact) mass is 343 g/mol. The number of methoxy groups -OCH3 is 1. The highest BCUT2D eigenvalue weighted by molar-refractivity contribution is 9.10. The zero-order valence-corrected chi connectivity index (χ0v) is 11.9. The average Bonchev–Trinajstić information content (AvgIpc) is 2.26.